The minimum absolute atomic E-state index is 0.0265. The predicted octanol–water partition coefficient (Wildman–Crippen LogP) is 5.71. The van der Waals surface area contributed by atoms with Gasteiger partial charge in [-0.25, -0.2) is 19.2 Å². The average molecular weight is 675 g/mol. The van der Waals surface area contributed by atoms with Gasteiger partial charge in [0.05, 0.1) is 23.4 Å². The highest BCUT2D eigenvalue weighted by Gasteiger charge is 2.21. The second kappa shape index (κ2) is 15.7. The van der Waals surface area contributed by atoms with Crippen molar-refractivity contribution in [2.45, 2.75) is 19.8 Å². The molecule has 2 aromatic carbocycles. The van der Waals surface area contributed by atoms with Crippen molar-refractivity contribution in [1.82, 2.24) is 30.4 Å². The van der Waals surface area contributed by atoms with Gasteiger partial charge < -0.3 is 25.4 Å². The van der Waals surface area contributed by atoms with Crippen LogP contribution in [0.4, 0.5) is 26.3 Å². The number of benzene rings is 2. The molecule has 0 aliphatic carbocycles. The van der Waals surface area contributed by atoms with Crippen molar-refractivity contribution in [3.63, 3.8) is 0 Å². The molecule has 0 amide bonds. The van der Waals surface area contributed by atoms with Crippen molar-refractivity contribution in [1.29, 1.82) is 0 Å². The van der Waals surface area contributed by atoms with Crippen molar-refractivity contribution >= 4 is 60.8 Å². The number of hydrogen-bond acceptors (Lipinski definition) is 12. The Labute approximate surface area is 280 Å². The van der Waals surface area contributed by atoms with Crippen molar-refractivity contribution in [2.75, 3.05) is 57.6 Å². The number of halogens is 1. The first kappa shape index (κ1) is 33.7. The number of thiazole rings is 2. The number of nitrogens with one attached hydrogen (secondary N) is 2. The fraction of sp³-hybridized carbons (Fsp3) is 0.303. The van der Waals surface area contributed by atoms with E-state index in [1.807, 2.05) is 51.4 Å². The lowest BCUT2D eigenvalue weighted by molar-refractivity contribution is 0.0690. The van der Waals surface area contributed by atoms with Gasteiger partial charge >= 0.3 is 5.97 Å². The maximum Gasteiger partial charge on any atom is 0.355 e. The fourth-order valence-electron chi connectivity index (χ4n) is 4.47. The van der Waals surface area contributed by atoms with Gasteiger partial charge in [0, 0.05) is 30.6 Å². The molecule has 5 aromatic rings. The molecular formula is C33H35FN8O3S2. The van der Waals surface area contributed by atoms with Crippen LogP contribution in [0.3, 0.4) is 0 Å². The van der Waals surface area contributed by atoms with Crippen LogP contribution in [0.2, 0.25) is 0 Å². The highest BCUT2D eigenvalue weighted by Crippen LogP contribution is 2.33. The molecule has 14 heteroatoms. The number of anilines is 4. The van der Waals surface area contributed by atoms with Crippen LogP contribution >= 0.6 is 22.7 Å². The van der Waals surface area contributed by atoms with E-state index in [-0.39, 0.29) is 18.1 Å². The Bertz CT molecular complexity index is 1890. The lowest BCUT2D eigenvalue weighted by Gasteiger charge is -2.15. The Hall–Kier alpha value is -4.68. The minimum atomic E-state index is -1.12. The zero-order valence-electron chi connectivity index (χ0n) is 26.5. The normalized spacial score (nSPS) is 11.0. The molecule has 0 spiro atoms. The average Bonchev–Trinajstić information content (AvgIpc) is 3.68. The second-order valence-electron chi connectivity index (χ2n) is 10.7. The van der Waals surface area contributed by atoms with Gasteiger partial charge in [-0.15, -0.1) is 21.5 Å². The van der Waals surface area contributed by atoms with E-state index in [1.165, 1.54) is 28.7 Å². The molecule has 244 valence electrons. The molecule has 5 rings (SSSR count). The number of carbonyl (C=O) groups is 1. The zero-order chi connectivity index (χ0) is 33.3. The SMILES string of the molecule is CNCCN(C)CC#Cc1ccc(OCCCc2sc(N(C)c3cc(C)c(Nc4nc5ccccc5s4)nn3)nc2C(=O)O)c(F)c1. The molecular weight excluding hydrogens is 640 g/mol. The molecule has 3 heterocycles. The van der Waals surface area contributed by atoms with Gasteiger partial charge in [0.25, 0.3) is 0 Å². The summed E-state index contributed by atoms with van der Waals surface area (Å²) in [5.74, 6) is 5.64. The number of hydrogen-bond donors (Lipinski definition) is 3. The van der Waals surface area contributed by atoms with Gasteiger partial charge in [0.2, 0.25) is 0 Å². The molecule has 0 fully saturated rings. The van der Waals surface area contributed by atoms with Gasteiger partial charge in [-0.1, -0.05) is 35.3 Å². The third-order valence-corrected chi connectivity index (χ3v) is 9.22. The van der Waals surface area contributed by atoms with E-state index in [0.717, 1.165) is 28.9 Å². The number of rotatable bonds is 14. The third-order valence-electron chi connectivity index (χ3n) is 7.07. The van der Waals surface area contributed by atoms with Gasteiger partial charge in [-0.3, -0.25) is 4.90 Å². The minimum Gasteiger partial charge on any atom is -0.491 e. The van der Waals surface area contributed by atoms with Crippen LogP contribution in [0.5, 0.6) is 5.75 Å². The Morgan fingerprint density at radius 3 is 2.68 bits per heavy atom. The summed E-state index contributed by atoms with van der Waals surface area (Å²) in [7, 11) is 5.64. The monoisotopic (exact) mass is 674 g/mol. The summed E-state index contributed by atoms with van der Waals surface area (Å²) in [6, 6.07) is 14.4. The first-order chi connectivity index (χ1) is 22.7. The Morgan fingerprint density at radius 2 is 1.94 bits per heavy atom. The lowest BCUT2D eigenvalue weighted by Crippen LogP contribution is -2.27. The molecule has 47 heavy (non-hydrogen) atoms. The summed E-state index contributed by atoms with van der Waals surface area (Å²) in [5.41, 5.74) is 2.29. The number of ether oxygens (including phenoxy) is 1. The van der Waals surface area contributed by atoms with E-state index in [4.69, 9.17) is 4.74 Å². The topological polar surface area (TPSA) is 129 Å². The molecule has 0 aliphatic rings. The molecule has 11 nitrogen and oxygen atoms in total. The molecule has 0 saturated carbocycles. The highest BCUT2D eigenvalue weighted by molar-refractivity contribution is 7.22. The van der Waals surface area contributed by atoms with E-state index in [9.17, 15) is 14.3 Å². The molecule has 3 N–H and O–H groups in total. The predicted molar refractivity (Wildman–Crippen MR) is 185 cm³/mol. The zero-order valence-corrected chi connectivity index (χ0v) is 28.1. The number of aromatic carboxylic acids is 1. The quantitative estimate of drug-likeness (QED) is 0.0989. The Morgan fingerprint density at radius 1 is 1.11 bits per heavy atom. The lowest BCUT2D eigenvalue weighted by atomic mass is 10.2. The summed E-state index contributed by atoms with van der Waals surface area (Å²) in [4.78, 5) is 25.3. The van der Waals surface area contributed by atoms with Crippen molar-refractivity contribution < 1.29 is 19.0 Å². The maximum atomic E-state index is 14.7. The molecule has 0 atom stereocenters. The molecule has 0 aliphatic heterocycles. The molecule has 0 saturated heterocycles. The van der Waals surface area contributed by atoms with Gasteiger partial charge in [0.15, 0.2) is 39.2 Å². The van der Waals surface area contributed by atoms with Gasteiger partial charge in [0.1, 0.15) is 0 Å². The third kappa shape index (κ3) is 8.78. The maximum absolute atomic E-state index is 14.7. The number of carboxylic acid groups (broad SMARTS) is 1. The van der Waals surface area contributed by atoms with Gasteiger partial charge in [-0.05, 0) is 75.8 Å². The van der Waals surface area contributed by atoms with E-state index >= 15 is 0 Å². The van der Waals surface area contributed by atoms with Crippen molar-refractivity contribution in [2.24, 2.45) is 0 Å². The number of nitrogens with zero attached hydrogens (tertiary/aromatic N) is 6. The van der Waals surface area contributed by atoms with E-state index < -0.39 is 11.8 Å². The Balaban J connectivity index is 1.17. The smallest absolute Gasteiger partial charge is 0.355 e. The van der Waals surface area contributed by atoms with Crippen LogP contribution in [0, 0.1) is 24.6 Å². The van der Waals surface area contributed by atoms with Crippen LogP contribution in [-0.2, 0) is 6.42 Å². The largest absolute Gasteiger partial charge is 0.491 e. The number of fused-ring (bicyclic) bond motifs is 1. The first-order valence-corrected chi connectivity index (χ1v) is 16.5. The van der Waals surface area contributed by atoms with Crippen LogP contribution < -0.4 is 20.3 Å². The van der Waals surface area contributed by atoms with E-state index in [2.05, 4.69) is 47.5 Å². The summed E-state index contributed by atoms with van der Waals surface area (Å²) in [6.45, 7) is 4.43. The van der Waals surface area contributed by atoms with Gasteiger partial charge in [-0.2, -0.15) is 0 Å². The molecule has 0 unspecified atom stereocenters. The van der Waals surface area contributed by atoms with E-state index in [1.54, 1.807) is 24.1 Å². The van der Waals surface area contributed by atoms with E-state index in [0.29, 0.717) is 51.7 Å². The molecule has 3 aromatic heterocycles. The highest BCUT2D eigenvalue weighted by atomic mass is 32.1. The fourth-order valence-corrected chi connectivity index (χ4v) is 6.40. The van der Waals surface area contributed by atoms with Crippen LogP contribution in [0.25, 0.3) is 10.2 Å². The van der Waals surface area contributed by atoms with Crippen LogP contribution in [0.15, 0.2) is 48.5 Å². The summed E-state index contributed by atoms with van der Waals surface area (Å²) in [5, 5.41) is 26.0. The number of carboxylic acids is 1. The second-order valence-corrected chi connectivity index (χ2v) is 12.8. The number of para-hydroxylation sites is 1. The standard InChI is InChI=1S/C33H35FN8O3S2/c1-21-19-28(39-40-30(21)38-32-36-24-10-5-6-11-26(24)46-32)42(4)33-37-29(31(43)44)27(47-33)12-8-18-45-25-14-13-22(20-23(25)34)9-7-16-41(3)17-15-35-2/h5-6,10-11,13-14,19-20,35H,8,12,15-18H2,1-4H3,(H,43,44)(H,36,38,40). The van der Waals surface area contributed by atoms with Crippen molar-refractivity contribution in [3.8, 4) is 17.6 Å². The number of aromatic nitrogens is 4. The number of likely N-dealkylation sites (N-methyl/N-ethyl adjacent to an activating group) is 2. The Kier molecular flexibility index (Phi) is 11.3. The summed E-state index contributed by atoms with van der Waals surface area (Å²) in [6.07, 6.45) is 0.867. The molecule has 0 radical (unpaired) electrons. The number of aryl methyl sites for hydroxylation is 2. The summed E-state index contributed by atoms with van der Waals surface area (Å²) < 4.78 is 21.4. The molecule has 0 bridgehead atoms. The van der Waals surface area contributed by atoms with Crippen LogP contribution in [-0.4, -0.2) is 83.5 Å². The first-order valence-electron chi connectivity index (χ1n) is 14.9. The van der Waals surface area contributed by atoms with Crippen LogP contribution in [0.1, 0.15) is 32.9 Å². The summed E-state index contributed by atoms with van der Waals surface area (Å²) >= 11 is 2.79. The van der Waals surface area contributed by atoms with Crippen molar-refractivity contribution in [3.05, 3.63) is 76.0 Å².